The van der Waals surface area contributed by atoms with Crippen LogP contribution in [0.5, 0.6) is 0 Å². The molecule has 116 valence electrons. The molecule has 0 N–H and O–H groups in total. The Kier molecular flexibility index (Phi) is 5.56. The number of carbonyl (C=O) groups is 2. The minimum atomic E-state index is -3.11. The standard InChI is InChI=1S/C13H23NO5S/c1-9(2)7-12(15)14(10(3)13(16)19-4)11-5-6-20(17,18)8-11/h9-11H,5-8H2,1-4H3/t10-,11+/m1/s1. The van der Waals surface area contributed by atoms with Gasteiger partial charge in [0.05, 0.1) is 18.6 Å². The van der Waals surface area contributed by atoms with Crippen molar-refractivity contribution in [2.75, 3.05) is 18.6 Å². The Morgan fingerprint density at radius 2 is 1.90 bits per heavy atom. The minimum Gasteiger partial charge on any atom is -0.467 e. The van der Waals surface area contributed by atoms with Crippen molar-refractivity contribution in [3.63, 3.8) is 0 Å². The predicted octanol–water partition coefficient (Wildman–Crippen LogP) is 0.610. The van der Waals surface area contributed by atoms with Crippen molar-refractivity contribution in [1.82, 2.24) is 4.90 Å². The molecule has 1 rings (SSSR count). The van der Waals surface area contributed by atoms with Crippen molar-refractivity contribution < 1.29 is 22.7 Å². The molecule has 0 aromatic carbocycles. The van der Waals surface area contributed by atoms with Crippen LogP contribution in [0.4, 0.5) is 0 Å². The Morgan fingerprint density at radius 3 is 2.30 bits per heavy atom. The highest BCUT2D eigenvalue weighted by Gasteiger charge is 2.39. The van der Waals surface area contributed by atoms with Crippen LogP contribution in [0.2, 0.25) is 0 Å². The molecule has 2 atom stereocenters. The van der Waals surface area contributed by atoms with Gasteiger partial charge >= 0.3 is 5.97 Å². The second kappa shape index (κ2) is 6.56. The fourth-order valence-corrected chi connectivity index (χ4v) is 4.18. The van der Waals surface area contributed by atoms with Crippen LogP contribution >= 0.6 is 0 Å². The van der Waals surface area contributed by atoms with Crippen LogP contribution in [0.3, 0.4) is 0 Å². The van der Waals surface area contributed by atoms with Gasteiger partial charge in [0.25, 0.3) is 0 Å². The van der Waals surface area contributed by atoms with Gasteiger partial charge in [0.15, 0.2) is 9.84 Å². The average Bonchev–Trinajstić information content (AvgIpc) is 2.67. The molecule has 1 amide bonds. The summed E-state index contributed by atoms with van der Waals surface area (Å²) in [5.41, 5.74) is 0. The number of amides is 1. The molecule has 1 saturated heterocycles. The molecule has 1 fully saturated rings. The zero-order chi connectivity index (χ0) is 15.5. The normalized spacial score (nSPS) is 22.6. The van der Waals surface area contributed by atoms with Crippen LogP contribution in [0.1, 0.15) is 33.6 Å². The van der Waals surface area contributed by atoms with Crippen molar-refractivity contribution in [3.8, 4) is 0 Å². The maximum absolute atomic E-state index is 12.3. The molecule has 0 aromatic heterocycles. The lowest BCUT2D eigenvalue weighted by Crippen LogP contribution is -2.50. The third-order valence-electron chi connectivity index (χ3n) is 3.43. The van der Waals surface area contributed by atoms with Gasteiger partial charge in [-0.3, -0.25) is 4.79 Å². The van der Waals surface area contributed by atoms with Crippen LogP contribution in [0.25, 0.3) is 0 Å². The van der Waals surface area contributed by atoms with Gasteiger partial charge in [0.2, 0.25) is 5.91 Å². The van der Waals surface area contributed by atoms with E-state index in [1.165, 1.54) is 12.0 Å². The summed E-state index contributed by atoms with van der Waals surface area (Å²) >= 11 is 0. The first-order valence-electron chi connectivity index (χ1n) is 6.77. The van der Waals surface area contributed by atoms with Gasteiger partial charge in [0.1, 0.15) is 6.04 Å². The second-order valence-corrected chi connectivity index (χ2v) is 7.88. The fraction of sp³-hybridized carbons (Fsp3) is 0.846. The highest BCUT2D eigenvalue weighted by Crippen LogP contribution is 2.22. The molecule has 0 radical (unpaired) electrons. The Morgan fingerprint density at radius 1 is 1.30 bits per heavy atom. The number of rotatable bonds is 5. The summed E-state index contributed by atoms with van der Waals surface area (Å²) in [5, 5.41) is 0. The molecule has 0 aromatic rings. The lowest BCUT2D eigenvalue weighted by atomic mass is 10.1. The lowest BCUT2D eigenvalue weighted by molar-refractivity contribution is -0.154. The fourth-order valence-electron chi connectivity index (χ4n) is 2.47. The summed E-state index contributed by atoms with van der Waals surface area (Å²) in [4.78, 5) is 25.4. The Labute approximate surface area is 120 Å². The monoisotopic (exact) mass is 305 g/mol. The topological polar surface area (TPSA) is 80.8 Å². The third-order valence-corrected chi connectivity index (χ3v) is 5.18. The third kappa shape index (κ3) is 4.19. The average molecular weight is 305 g/mol. The number of ether oxygens (including phenoxy) is 1. The van der Waals surface area contributed by atoms with E-state index in [1.807, 2.05) is 13.8 Å². The molecule has 1 aliphatic heterocycles. The maximum Gasteiger partial charge on any atom is 0.328 e. The van der Waals surface area contributed by atoms with E-state index in [9.17, 15) is 18.0 Å². The van der Waals surface area contributed by atoms with Gasteiger partial charge in [-0.15, -0.1) is 0 Å². The number of hydrogen-bond acceptors (Lipinski definition) is 5. The lowest BCUT2D eigenvalue weighted by Gasteiger charge is -2.33. The number of hydrogen-bond donors (Lipinski definition) is 0. The van der Waals surface area contributed by atoms with Crippen molar-refractivity contribution in [2.45, 2.75) is 45.7 Å². The molecule has 0 unspecified atom stereocenters. The number of sulfone groups is 1. The largest absolute Gasteiger partial charge is 0.467 e. The molecule has 1 heterocycles. The van der Waals surface area contributed by atoms with Gasteiger partial charge in [-0.05, 0) is 19.3 Å². The summed E-state index contributed by atoms with van der Waals surface area (Å²) in [6.07, 6.45) is 0.672. The van der Waals surface area contributed by atoms with Crippen LogP contribution < -0.4 is 0 Å². The van der Waals surface area contributed by atoms with E-state index in [1.54, 1.807) is 6.92 Å². The van der Waals surface area contributed by atoms with Crippen molar-refractivity contribution in [1.29, 1.82) is 0 Å². The number of carbonyl (C=O) groups excluding carboxylic acids is 2. The van der Waals surface area contributed by atoms with Gasteiger partial charge in [-0.1, -0.05) is 13.8 Å². The van der Waals surface area contributed by atoms with Gasteiger partial charge < -0.3 is 9.64 Å². The highest BCUT2D eigenvalue weighted by molar-refractivity contribution is 7.91. The summed E-state index contributed by atoms with van der Waals surface area (Å²) in [6, 6.07) is -1.19. The number of methoxy groups -OCH3 is 1. The van der Waals surface area contributed by atoms with Gasteiger partial charge in [0, 0.05) is 12.5 Å². The van der Waals surface area contributed by atoms with E-state index in [2.05, 4.69) is 4.74 Å². The molecule has 0 saturated carbocycles. The predicted molar refractivity (Wildman–Crippen MR) is 74.8 cm³/mol. The minimum absolute atomic E-state index is 0.0665. The highest BCUT2D eigenvalue weighted by atomic mass is 32.2. The SMILES string of the molecule is COC(=O)[C@@H](C)N(C(=O)CC(C)C)[C@H]1CCS(=O)(=O)C1. The number of nitrogens with zero attached hydrogens (tertiary/aromatic N) is 1. The van der Waals surface area contributed by atoms with Crippen molar-refractivity contribution >= 4 is 21.7 Å². The quantitative estimate of drug-likeness (QED) is 0.695. The maximum atomic E-state index is 12.3. The zero-order valence-electron chi connectivity index (χ0n) is 12.5. The van der Waals surface area contributed by atoms with Gasteiger partial charge in [-0.25, -0.2) is 13.2 Å². The van der Waals surface area contributed by atoms with E-state index < -0.39 is 27.9 Å². The molecule has 0 spiro atoms. The first-order chi connectivity index (χ1) is 9.18. The van der Waals surface area contributed by atoms with E-state index >= 15 is 0 Å². The first kappa shape index (κ1) is 16.9. The van der Waals surface area contributed by atoms with Gasteiger partial charge in [-0.2, -0.15) is 0 Å². The van der Waals surface area contributed by atoms with E-state index in [0.29, 0.717) is 6.42 Å². The van der Waals surface area contributed by atoms with Crippen molar-refractivity contribution in [2.24, 2.45) is 5.92 Å². The molecule has 6 nitrogen and oxygen atoms in total. The summed E-state index contributed by atoms with van der Waals surface area (Å²) in [6.45, 7) is 5.39. The van der Waals surface area contributed by atoms with Crippen molar-refractivity contribution in [3.05, 3.63) is 0 Å². The van der Waals surface area contributed by atoms with E-state index in [4.69, 9.17) is 0 Å². The Bertz CT molecular complexity index is 471. The Balaban J connectivity index is 2.96. The first-order valence-corrected chi connectivity index (χ1v) is 8.59. The summed E-state index contributed by atoms with van der Waals surface area (Å²) in [7, 11) is -1.86. The smallest absolute Gasteiger partial charge is 0.328 e. The second-order valence-electron chi connectivity index (χ2n) is 5.65. The van der Waals surface area contributed by atoms with Crippen LogP contribution in [-0.4, -0.2) is 55.9 Å². The van der Waals surface area contributed by atoms with E-state index in [-0.39, 0.29) is 29.8 Å². The van der Waals surface area contributed by atoms with Crippen LogP contribution in [0, 0.1) is 5.92 Å². The molecule has 1 aliphatic rings. The molecular weight excluding hydrogens is 282 g/mol. The molecule has 7 heteroatoms. The van der Waals surface area contributed by atoms with Crippen LogP contribution in [0.15, 0.2) is 0 Å². The molecule has 0 aliphatic carbocycles. The summed E-state index contributed by atoms with van der Waals surface area (Å²) in [5.74, 6) is -0.575. The van der Waals surface area contributed by atoms with E-state index in [0.717, 1.165) is 0 Å². The molecular formula is C13H23NO5S. The van der Waals surface area contributed by atoms with Crippen LogP contribution in [-0.2, 0) is 24.2 Å². The number of esters is 1. The molecule has 20 heavy (non-hydrogen) atoms. The molecule has 0 bridgehead atoms. The zero-order valence-corrected chi connectivity index (χ0v) is 13.3. The Hall–Kier alpha value is -1.11. The summed E-state index contributed by atoms with van der Waals surface area (Å²) < 4.78 is 27.9.